The summed E-state index contributed by atoms with van der Waals surface area (Å²) in [6.07, 6.45) is 0.0337. The molecule has 0 spiro atoms. The molecule has 3 rings (SSSR count). The van der Waals surface area contributed by atoms with Crippen molar-refractivity contribution in [1.82, 2.24) is 10.0 Å². The third-order valence-corrected chi connectivity index (χ3v) is 6.34. The van der Waals surface area contributed by atoms with Gasteiger partial charge in [0.2, 0.25) is 15.9 Å². The van der Waals surface area contributed by atoms with Crippen molar-refractivity contribution >= 4 is 31.9 Å². The van der Waals surface area contributed by atoms with Gasteiger partial charge < -0.3 is 5.32 Å². The zero-order valence-corrected chi connectivity index (χ0v) is 18.0. The molecule has 0 fully saturated rings. The lowest BCUT2D eigenvalue weighted by molar-refractivity contribution is -0.121. The van der Waals surface area contributed by atoms with E-state index in [0.29, 0.717) is 0 Å². The Morgan fingerprint density at radius 1 is 0.828 bits per heavy atom. The Bertz CT molecular complexity index is 1000. The van der Waals surface area contributed by atoms with Crippen molar-refractivity contribution in [2.75, 3.05) is 6.54 Å². The standard InChI is InChI=1S/C22H21BrN2O3S/c23-19-11-13-20(14-12-19)29(27,28)24-16-15-21(26)25-22(17-7-3-1-4-8-17)18-9-5-2-6-10-18/h1-14,22,24H,15-16H2,(H,25,26). The van der Waals surface area contributed by atoms with Gasteiger partial charge in [-0.1, -0.05) is 76.6 Å². The number of carbonyl (C=O) groups is 1. The summed E-state index contributed by atoms with van der Waals surface area (Å²) >= 11 is 3.28. The van der Waals surface area contributed by atoms with Crippen LogP contribution in [0.25, 0.3) is 0 Å². The summed E-state index contributed by atoms with van der Waals surface area (Å²) in [6, 6.07) is 25.4. The highest BCUT2D eigenvalue weighted by atomic mass is 79.9. The van der Waals surface area contributed by atoms with E-state index >= 15 is 0 Å². The van der Waals surface area contributed by atoms with E-state index in [1.54, 1.807) is 12.1 Å². The van der Waals surface area contributed by atoms with Gasteiger partial charge in [-0.3, -0.25) is 4.79 Å². The van der Waals surface area contributed by atoms with Crippen LogP contribution < -0.4 is 10.0 Å². The molecule has 0 saturated heterocycles. The summed E-state index contributed by atoms with van der Waals surface area (Å²) in [5.41, 5.74) is 1.92. The lowest BCUT2D eigenvalue weighted by Crippen LogP contribution is -2.33. The minimum atomic E-state index is -3.66. The third kappa shape index (κ3) is 6.00. The zero-order chi connectivity index (χ0) is 20.7. The second-order valence-electron chi connectivity index (χ2n) is 6.42. The summed E-state index contributed by atoms with van der Waals surface area (Å²) in [6.45, 7) is 0.0144. The predicted octanol–water partition coefficient (Wildman–Crippen LogP) is 4.02. The van der Waals surface area contributed by atoms with E-state index < -0.39 is 10.0 Å². The molecule has 3 aromatic rings. The Morgan fingerprint density at radius 3 is 1.86 bits per heavy atom. The van der Waals surface area contributed by atoms with E-state index in [9.17, 15) is 13.2 Å². The van der Waals surface area contributed by atoms with Crippen molar-refractivity contribution in [2.45, 2.75) is 17.4 Å². The molecule has 0 bridgehead atoms. The van der Waals surface area contributed by atoms with Crippen LogP contribution in [0, 0.1) is 0 Å². The van der Waals surface area contributed by atoms with Crippen molar-refractivity contribution < 1.29 is 13.2 Å². The quantitative estimate of drug-likeness (QED) is 0.519. The van der Waals surface area contributed by atoms with Gasteiger partial charge >= 0.3 is 0 Å². The number of rotatable bonds is 8. The van der Waals surface area contributed by atoms with Crippen molar-refractivity contribution in [1.29, 1.82) is 0 Å². The fourth-order valence-electron chi connectivity index (χ4n) is 2.88. The molecule has 0 radical (unpaired) electrons. The van der Waals surface area contributed by atoms with Gasteiger partial charge in [-0.05, 0) is 35.4 Å². The first-order chi connectivity index (χ1) is 14.0. The van der Waals surface area contributed by atoms with Crippen LogP contribution >= 0.6 is 15.9 Å². The molecule has 0 aromatic heterocycles. The second-order valence-corrected chi connectivity index (χ2v) is 9.11. The van der Waals surface area contributed by atoms with Gasteiger partial charge in [-0.15, -0.1) is 0 Å². The van der Waals surface area contributed by atoms with Gasteiger partial charge in [0, 0.05) is 17.4 Å². The van der Waals surface area contributed by atoms with Crippen molar-refractivity contribution in [3.63, 3.8) is 0 Å². The minimum absolute atomic E-state index is 0.0144. The van der Waals surface area contributed by atoms with E-state index in [-0.39, 0.29) is 29.8 Å². The maximum absolute atomic E-state index is 12.5. The van der Waals surface area contributed by atoms with Crippen LogP contribution in [-0.4, -0.2) is 20.9 Å². The van der Waals surface area contributed by atoms with Crippen molar-refractivity contribution in [2.24, 2.45) is 0 Å². The van der Waals surface area contributed by atoms with Gasteiger partial charge in [0.25, 0.3) is 0 Å². The van der Waals surface area contributed by atoms with Crippen LogP contribution in [0.5, 0.6) is 0 Å². The molecule has 29 heavy (non-hydrogen) atoms. The Hall–Kier alpha value is -2.48. The minimum Gasteiger partial charge on any atom is -0.345 e. The van der Waals surface area contributed by atoms with E-state index in [4.69, 9.17) is 0 Å². The summed E-state index contributed by atoms with van der Waals surface area (Å²) < 4.78 is 27.9. The smallest absolute Gasteiger partial charge is 0.240 e. The molecule has 0 aliphatic heterocycles. The first-order valence-corrected chi connectivity index (χ1v) is 11.4. The largest absolute Gasteiger partial charge is 0.345 e. The molecule has 5 nitrogen and oxygen atoms in total. The third-order valence-electron chi connectivity index (χ3n) is 4.34. The van der Waals surface area contributed by atoms with Crippen LogP contribution in [0.4, 0.5) is 0 Å². The van der Waals surface area contributed by atoms with Crippen molar-refractivity contribution in [3.05, 3.63) is 101 Å². The highest BCUT2D eigenvalue weighted by molar-refractivity contribution is 9.10. The molecule has 0 aliphatic rings. The topological polar surface area (TPSA) is 75.3 Å². The monoisotopic (exact) mass is 472 g/mol. The molecule has 0 atom stereocenters. The number of hydrogen-bond donors (Lipinski definition) is 2. The summed E-state index contributed by atoms with van der Waals surface area (Å²) in [5.74, 6) is -0.235. The molecular weight excluding hydrogens is 452 g/mol. The maximum atomic E-state index is 12.5. The van der Waals surface area contributed by atoms with Gasteiger partial charge in [-0.2, -0.15) is 0 Å². The van der Waals surface area contributed by atoms with Crippen LogP contribution in [0.3, 0.4) is 0 Å². The first kappa shape index (κ1) is 21.2. The van der Waals surface area contributed by atoms with E-state index in [2.05, 4.69) is 26.0 Å². The number of sulfonamides is 1. The lowest BCUT2D eigenvalue weighted by Gasteiger charge is -2.20. The van der Waals surface area contributed by atoms with E-state index in [1.807, 2.05) is 60.7 Å². The molecule has 0 unspecified atom stereocenters. The molecule has 2 N–H and O–H groups in total. The highest BCUT2D eigenvalue weighted by Gasteiger charge is 2.18. The summed E-state index contributed by atoms with van der Waals surface area (Å²) in [5, 5.41) is 3.00. The number of amides is 1. The SMILES string of the molecule is O=C(CCNS(=O)(=O)c1ccc(Br)cc1)NC(c1ccccc1)c1ccccc1. The van der Waals surface area contributed by atoms with Gasteiger partial charge in [-0.25, -0.2) is 13.1 Å². The van der Waals surface area contributed by atoms with Gasteiger partial charge in [0.05, 0.1) is 10.9 Å². The van der Waals surface area contributed by atoms with Crippen LogP contribution in [-0.2, 0) is 14.8 Å². The van der Waals surface area contributed by atoms with E-state index in [1.165, 1.54) is 12.1 Å². The fraction of sp³-hybridized carbons (Fsp3) is 0.136. The average molecular weight is 473 g/mol. The van der Waals surface area contributed by atoms with Crippen LogP contribution in [0.1, 0.15) is 23.6 Å². The number of nitrogens with one attached hydrogen (secondary N) is 2. The van der Waals surface area contributed by atoms with Gasteiger partial charge in [0.1, 0.15) is 0 Å². The maximum Gasteiger partial charge on any atom is 0.240 e. The average Bonchev–Trinajstić information content (AvgIpc) is 2.73. The van der Waals surface area contributed by atoms with Crippen LogP contribution in [0.2, 0.25) is 0 Å². The van der Waals surface area contributed by atoms with Crippen molar-refractivity contribution in [3.8, 4) is 0 Å². The number of halogens is 1. The molecular formula is C22H21BrN2O3S. The Labute approximate surface area is 179 Å². The first-order valence-electron chi connectivity index (χ1n) is 9.10. The molecule has 7 heteroatoms. The molecule has 3 aromatic carbocycles. The van der Waals surface area contributed by atoms with Crippen LogP contribution in [0.15, 0.2) is 94.3 Å². The van der Waals surface area contributed by atoms with Gasteiger partial charge in [0.15, 0.2) is 0 Å². The zero-order valence-electron chi connectivity index (χ0n) is 15.6. The predicted molar refractivity (Wildman–Crippen MR) is 117 cm³/mol. The molecule has 0 aliphatic carbocycles. The summed E-state index contributed by atoms with van der Waals surface area (Å²) in [4.78, 5) is 12.7. The molecule has 150 valence electrons. The Balaban J connectivity index is 1.63. The Kier molecular flexibility index (Phi) is 7.19. The molecule has 0 heterocycles. The number of carbonyl (C=O) groups excluding carboxylic acids is 1. The normalized spacial score (nSPS) is 11.4. The highest BCUT2D eigenvalue weighted by Crippen LogP contribution is 2.21. The molecule has 0 saturated carbocycles. The second kappa shape index (κ2) is 9.82. The fourth-order valence-corrected chi connectivity index (χ4v) is 4.18. The number of benzene rings is 3. The summed E-state index contributed by atoms with van der Waals surface area (Å²) in [7, 11) is -3.66. The lowest BCUT2D eigenvalue weighted by atomic mass is 9.98. The van der Waals surface area contributed by atoms with E-state index in [0.717, 1.165) is 15.6 Å². The Morgan fingerprint density at radius 2 is 1.34 bits per heavy atom. The molecule has 1 amide bonds. The number of hydrogen-bond acceptors (Lipinski definition) is 3.